The van der Waals surface area contributed by atoms with Gasteiger partial charge >= 0.3 is 6.09 Å². The van der Waals surface area contributed by atoms with Crippen molar-refractivity contribution in [3.63, 3.8) is 0 Å². The number of hydrogen-bond acceptors (Lipinski definition) is 5. The van der Waals surface area contributed by atoms with Gasteiger partial charge in [-0.25, -0.2) is 14.2 Å². The predicted molar refractivity (Wildman–Crippen MR) is 107 cm³/mol. The van der Waals surface area contributed by atoms with Gasteiger partial charge in [-0.3, -0.25) is 4.79 Å². The molecule has 0 spiro atoms. The maximum Gasteiger partial charge on any atom is 0.410 e. The molecule has 1 aliphatic rings. The number of Topliss-reactive ketones (excluding diaryl/α,β-unsaturated/α-hetero) is 1. The molecular formula is C21H32FN3O3. The van der Waals surface area contributed by atoms with Gasteiger partial charge in [-0.1, -0.05) is 13.8 Å². The van der Waals surface area contributed by atoms with Gasteiger partial charge in [0.25, 0.3) is 0 Å². The molecule has 1 saturated heterocycles. The lowest BCUT2D eigenvalue weighted by molar-refractivity contribution is 0.00709. The summed E-state index contributed by atoms with van der Waals surface area (Å²) in [6.45, 7) is 11.5. The molecule has 28 heavy (non-hydrogen) atoms. The molecule has 0 saturated carbocycles. The highest BCUT2D eigenvalue weighted by molar-refractivity contribution is 5.98. The molecule has 1 unspecified atom stereocenters. The summed E-state index contributed by atoms with van der Waals surface area (Å²) in [5, 5.41) is 0. The van der Waals surface area contributed by atoms with Gasteiger partial charge in [-0.15, -0.1) is 0 Å². The van der Waals surface area contributed by atoms with Crippen LogP contribution in [0.3, 0.4) is 0 Å². The van der Waals surface area contributed by atoms with Crippen LogP contribution in [0.4, 0.5) is 15.0 Å². The summed E-state index contributed by atoms with van der Waals surface area (Å²) in [5.74, 6) is -0.864. The third kappa shape index (κ3) is 5.42. The maximum absolute atomic E-state index is 14.9. The van der Waals surface area contributed by atoms with Crippen molar-refractivity contribution in [1.29, 1.82) is 0 Å². The van der Waals surface area contributed by atoms with E-state index in [-0.39, 0.29) is 46.8 Å². The molecule has 0 bridgehead atoms. The van der Waals surface area contributed by atoms with Crippen LogP contribution in [0.15, 0.2) is 6.07 Å². The van der Waals surface area contributed by atoms with Crippen molar-refractivity contribution in [2.75, 3.05) is 12.3 Å². The number of ketones is 1. The first-order valence-electron chi connectivity index (χ1n) is 9.87. The first-order chi connectivity index (χ1) is 12.9. The molecule has 1 fully saturated rings. The van der Waals surface area contributed by atoms with E-state index in [1.54, 1.807) is 18.7 Å². The quantitative estimate of drug-likeness (QED) is 0.774. The van der Waals surface area contributed by atoms with Crippen LogP contribution in [-0.4, -0.2) is 39.9 Å². The number of likely N-dealkylation sites (tertiary alicyclic amines) is 1. The fraction of sp³-hybridized carbons (Fsp3) is 0.667. The van der Waals surface area contributed by atoms with Crippen LogP contribution in [0.2, 0.25) is 0 Å². The Morgan fingerprint density at radius 2 is 2.04 bits per heavy atom. The minimum absolute atomic E-state index is 0.0109. The van der Waals surface area contributed by atoms with E-state index in [1.807, 2.05) is 27.7 Å². The van der Waals surface area contributed by atoms with Crippen molar-refractivity contribution < 1.29 is 18.7 Å². The van der Waals surface area contributed by atoms with E-state index in [4.69, 9.17) is 10.5 Å². The molecule has 1 aromatic heterocycles. The summed E-state index contributed by atoms with van der Waals surface area (Å²) >= 11 is 0. The fourth-order valence-corrected chi connectivity index (χ4v) is 3.55. The van der Waals surface area contributed by atoms with Gasteiger partial charge in [-0.05, 0) is 58.9 Å². The summed E-state index contributed by atoms with van der Waals surface area (Å²) in [6, 6.07) is 1.30. The Labute approximate surface area is 166 Å². The van der Waals surface area contributed by atoms with E-state index < -0.39 is 11.4 Å². The largest absolute Gasteiger partial charge is 0.444 e. The van der Waals surface area contributed by atoms with Crippen LogP contribution >= 0.6 is 0 Å². The highest BCUT2D eigenvalue weighted by Gasteiger charge is 2.32. The van der Waals surface area contributed by atoms with Crippen molar-refractivity contribution in [2.24, 2.45) is 11.8 Å². The Morgan fingerprint density at radius 1 is 1.39 bits per heavy atom. The molecule has 1 aromatic rings. The van der Waals surface area contributed by atoms with Crippen molar-refractivity contribution in [2.45, 2.75) is 72.4 Å². The number of piperidine rings is 1. The van der Waals surface area contributed by atoms with E-state index in [1.165, 1.54) is 6.07 Å². The smallest absolute Gasteiger partial charge is 0.410 e. The molecule has 1 aliphatic heterocycles. The molecule has 6 nitrogen and oxygen atoms in total. The number of pyridine rings is 1. The second-order valence-corrected chi connectivity index (χ2v) is 8.99. The molecule has 2 N–H and O–H groups in total. The minimum Gasteiger partial charge on any atom is -0.444 e. The number of amides is 1. The maximum atomic E-state index is 14.9. The van der Waals surface area contributed by atoms with Crippen molar-refractivity contribution in [3.05, 3.63) is 23.1 Å². The molecule has 1 amide bonds. The van der Waals surface area contributed by atoms with Gasteiger partial charge < -0.3 is 15.4 Å². The summed E-state index contributed by atoms with van der Waals surface area (Å²) in [4.78, 5) is 30.5. The van der Waals surface area contributed by atoms with Gasteiger partial charge in [0.15, 0.2) is 11.6 Å². The van der Waals surface area contributed by atoms with Gasteiger partial charge in [0.1, 0.15) is 11.4 Å². The third-order valence-electron chi connectivity index (χ3n) is 4.93. The molecule has 2 heterocycles. The van der Waals surface area contributed by atoms with E-state index in [0.717, 1.165) is 0 Å². The molecule has 2 rings (SSSR count). The number of carbonyl (C=O) groups excluding carboxylic acids is 2. The Bertz CT molecular complexity index is 743. The number of hydrogen-bond donors (Lipinski definition) is 1. The molecule has 156 valence electrons. The molecule has 0 aliphatic carbocycles. The van der Waals surface area contributed by atoms with Crippen LogP contribution in [0.1, 0.15) is 70.4 Å². The van der Waals surface area contributed by atoms with Crippen LogP contribution in [0, 0.1) is 17.7 Å². The predicted octanol–water partition coefficient (Wildman–Crippen LogP) is 4.22. The normalized spacial score (nSPS) is 20.4. The summed E-state index contributed by atoms with van der Waals surface area (Å²) in [7, 11) is 0. The van der Waals surface area contributed by atoms with Crippen LogP contribution in [0.25, 0.3) is 0 Å². The van der Waals surface area contributed by atoms with Gasteiger partial charge in [-0.2, -0.15) is 0 Å². The number of aromatic nitrogens is 1. The van der Waals surface area contributed by atoms with Gasteiger partial charge in [0, 0.05) is 18.5 Å². The summed E-state index contributed by atoms with van der Waals surface area (Å²) in [6.07, 6.45) is 1.49. The number of nitrogens with two attached hydrogens (primary N) is 1. The summed E-state index contributed by atoms with van der Waals surface area (Å²) < 4.78 is 20.3. The van der Waals surface area contributed by atoms with Crippen LogP contribution in [-0.2, 0) is 11.2 Å². The Kier molecular flexibility index (Phi) is 6.67. The van der Waals surface area contributed by atoms with Crippen molar-refractivity contribution in [1.82, 2.24) is 9.88 Å². The van der Waals surface area contributed by atoms with Gasteiger partial charge in [0.05, 0.1) is 11.3 Å². The van der Waals surface area contributed by atoms with E-state index >= 15 is 0 Å². The van der Waals surface area contributed by atoms with Gasteiger partial charge in [0.2, 0.25) is 0 Å². The molecule has 7 heteroatoms. The van der Waals surface area contributed by atoms with Crippen molar-refractivity contribution in [3.8, 4) is 0 Å². The minimum atomic E-state index is -0.574. The van der Waals surface area contributed by atoms with Crippen molar-refractivity contribution >= 4 is 17.7 Å². The highest BCUT2D eigenvalue weighted by Crippen LogP contribution is 2.29. The first-order valence-corrected chi connectivity index (χ1v) is 9.87. The third-order valence-corrected chi connectivity index (χ3v) is 4.93. The molecular weight excluding hydrogens is 361 g/mol. The zero-order valence-electron chi connectivity index (χ0n) is 17.7. The average molecular weight is 394 g/mol. The standard InChI is InChI=1S/C21H32FN3O3/c1-12(2)19(26)15-11-17(23)24-16(18(15)22)10-14-7-8-25(13(3)9-14)20(27)28-21(4,5)6/h11-14H,7-10H2,1-6H3,(H2,23,24)/t13-,14?/m1/s1. The Hall–Kier alpha value is -2.18. The lowest BCUT2D eigenvalue weighted by atomic mass is 9.87. The number of carbonyl (C=O) groups is 2. The number of nitrogen functional groups attached to an aromatic ring is 1. The second-order valence-electron chi connectivity index (χ2n) is 8.99. The SMILES string of the molecule is CC(C)C(=O)c1cc(N)nc(CC2CCN(C(=O)OC(C)(C)C)[C@H](C)C2)c1F. The lowest BCUT2D eigenvalue weighted by Crippen LogP contribution is -2.47. The number of halogens is 1. The van der Waals surface area contributed by atoms with E-state index in [9.17, 15) is 14.0 Å². The first kappa shape index (κ1) is 22.1. The molecule has 2 atom stereocenters. The Morgan fingerprint density at radius 3 is 2.57 bits per heavy atom. The topological polar surface area (TPSA) is 85.5 Å². The van der Waals surface area contributed by atoms with E-state index in [2.05, 4.69) is 4.98 Å². The fourth-order valence-electron chi connectivity index (χ4n) is 3.55. The number of anilines is 1. The van der Waals surface area contributed by atoms with E-state index in [0.29, 0.717) is 25.8 Å². The monoisotopic (exact) mass is 393 g/mol. The second kappa shape index (κ2) is 8.45. The van der Waals surface area contributed by atoms with Crippen LogP contribution in [0.5, 0.6) is 0 Å². The highest BCUT2D eigenvalue weighted by atomic mass is 19.1. The summed E-state index contributed by atoms with van der Waals surface area (Å²) in [5.41, 5.74) is 5.52. The zero-order chi connectivity index (χ0) is 21.2. The number of ether oxygens (including phenoxy) is 1. The molecule has 0 aromatic carbocycles. The Balaban J connectivity index is 2.10. The number of rotatable bonds is 4. The number of nitrogens with zero attached hydrogens (tertiary/aromatic N) is 2. The molecule has 0 radical (unpaired) electrons. The average Bonchev–Trinajstić information content (AvgIpc) is 2.55. The lowest BCUT2D eigenvalue weighted by Gasteiger charge is -2.38. The zero-order valence-corrected chi connectivity index (χ0v) is 17.7. The van der Waals surface area contributed by atoms with Crippen LogP contribution < -0.4 is 5.73 Å².